The predicted octanol–water partition coefficient (Wildman–Crippen LogP) is 1.07. The van der Waals surface area contributed by atoms with Crippen LogP contribution in [0, 0.1) is 17.0 Å². The number of anilines is 1. The lowest BCUT2D eigenvalue weighted by Gasteiger charge is -2.33. The van der Waals surface area contributed by atoms with Gasteiger partial charge in [0.2, 0.25) is 0 Å². The fraction of sp³-hybridized carbons (Fsp3) is 0.500. The summed E-state index contributed by atoms with van der Waals surface area (Å²) >= 11 is 0. The third kappa shape index (κ3) is 2.60. The van der Waals surface area contributed by atoms with Crippen LogP contribution in [0.5, 0.6) is 0 Å². The van der Waals surface area contributed by atoms with Gasteiger partial charge in [0, 0.05) is 25.7 Å². The van der Waals surface area contributed by atoms with Gasteiger partial charge in [-0.15, -0.1) is 0 Å². The molecule has 0 bridgehead atoms. The average molecular weight is 251 g/mol. The average Bonchev–Trinajstić information content (AvgIpc) is 2.38. The van der Waals surface area contributed by atoms with Crippen molar-refractivity contribution < 1.29 is 9.66 Å². The molecule has 6 nitrogen and oxygen atoms in total. The first-order valence-corrected chi connectivity index (χ1v) is 5.93. The van der Waals surface area contributed by atoms with E-state index >= 15 is 0 Å². The molecule has 0 aliphatic carbocycles. The number of nitro groups is 1. The van der Waals surface area contributed by atoms with Gasteiger partial charge >= 0.3 is 0 Å². The highest BCUT2D eigenvalue weighted by Crippen LogP contribution is 2.30. The van der Waals surface area contributed by atoms with E-state index in [2.05, 4.69) is 0 Å². The summed E-state index contributed by atoms with van der Waals surface area (Å²) in [4.78, 5) is 12.7. The van der Waals surface area contributed by atoms with Gasteiger partial charge in [-0.05, 0) is 18.6 Å². The van der Waals surface area contributed by atoms with Crippen molar-refractivity contribution in [2.75, 3.05) is 31.1 Å². The molecule has 0 spiro atoms. The highest BCUT2D eigenvalue weighted by atomic mass is 16.6. The van der Waals surface area contributed by atoms with Gasteiger partial charge < -0.3 is 15.4 Å². The van der Waals surface area contributed by atoms with Crippen molar-refractivity contribution >= 4 is 11.4 Å². The second-order valence-electron chi connectivity index (χ2n) is 4.42. The van der Waals surface area contributed by atoms with E-state index in [1.807, 2.05) is 17.9 Å². The molecule has 1 aromatic rings. The van der Waals surface area contributed by atoms with Crippen molar-refractivity contribution in [1.29, 1.82) is 0 Å². The molecular formula is C12H17N3O3. The Morgan fingerprint density at radius 3 is 3.06 bits per heavy atom. The fourth-order valence-electron chi connectivity index (χ4n) is 2.13. The van der Waals surface area contributed by atoms with Crippen LogP contribution in [0.2, 0.25) is 0 Å². The monoisotopic (exact) mass is 251 g/mol. The summed E-state index contributed by atoms with van der Waals surface area (Å²) in [6.07, 6.45) is -0.0559. The molecule has 0 aromatic heterocycles. The standard InChI is InChI=1S/C12H17N3O3/c1-9-2-3-11(12(6-9)15(16)17)14-4-5-18-10(7-13)8-14/h2-3,6,10H,4-5,7-8,13H2,1H3. The molecule has 1 atom stereocenters. The first-order valence-electron chi connectivity index (χ1n) is 5.93. The van der Waals surface area contributed by atoms with E-state index in [0.717, 1.165) is 5.56 Å². The molecule has 1 aliphatic rings. The van der Waals surface area contributed by atoms with Crippen LogP contribution in [-0.2, 0) is 4.74 Å². The number of nitro benzene ring substituents is 1. The normalized spacial score (nSPS) is 19.9. The van der Waals surface area contributed by atoms with Crippen LogP contribution in [-0.4, -0.2) is 37.3 Å². The van der Waals surface area contributed by atoms with Crippen molar-refractivity contribution in [3.63, 3.8) is 0 Å². The van der Waals surface area contributed by atoms with Crippen molar-refractivity contribution in [2.24, 2.45) is 5.73 Å². The number of aryl methyl sites for hydroxylation is 1. The lowest BCUT2D eigenvalue weighted by Crippen LogP contribution is -2.45. The van der Waals surface area contributed by atoms with Crippen molar-refractivity contribution in [1.82, 2.24) is 0 Å². The van der Waals surface area contributed by atoms with Gasteiger partial charge in [-0.1, -0.05) is 6.07 Å². The van der Waals surface area contributed by atoms with Crippen LogP contribution in [0.25, 0.3) is 0 Å². The van der Waals surface area contributed by atoms with E-state index in [9.17, 15) is 10.1 Å². The molecule has 6 heteroatoms. The van der Waals surface area contributed by atoms with E-state index < -0.39 is 0 Å². The minimum Gasteiger partial charge on any atom is -0.373 e. The van der Waals surface area contributed by atoms with Crippen molar-refractivity contribution in [3.05, 3.63) is 33.9 Å². The number of morpholine rings is 1. The largest absolute Gasteiger partial charge is 0.373 e. The second-order valence-corrected chi connectivity index (χ2v) is 4.42. The van der Waals surface area contributed by atoms with Crippen LogP contribution < -0.4 is 10.6 Å². The number of nitrogens with zero attached hydrogens (tertiary/aromatic N) is 2. The zero-order valence-electron chi connectivity index (χ0n) is 10.3. The van der Waals surface area contributed by atoms with Gasteiger partial charge in [-0.25, -0.2) is 0 Å². The smallest absolute Gasteiger partial charge is 0.292 e. The number of hydrogen-bond acceptors (Lipinski definition) is 5. The SMILES string of the molecule is Cc1ccc(N2CCOC(CN)C2)c([N+](=O)[O-])c1. The molecule has 2 rings (SSSR count). The molecule has 0 amide bonds. The lowest BCUT2D eigenvalue weighted by molar-refractivity contribution is -0.384. The van der Waals surface area contributed by atoms with Crippen LogP contribution >= 0.6 is 0 Å². The summed E-state index contributed by atoms with van der Waals surface area (Å²) in [5, 5.41) is 11.1. The highest BCUT2D eigenvalue weighted by Gasteiger charge is 2.25. The van der Waals surface area contributed by atoms with Crippen molar-refractivity contribution in [2.45, 2.75) is 13.0 Å². The van der Waals surface area contributed by atoms with E-state index in [4.69, 9.17) is 10.5 Å². The van der Waals surface area contributed by atoms with Gasteiger partial charge in [0.1, 0.15) is 5.69 Å². The third-order valence-corrected chi connectivity index (χ3v) is 3.07. The van der Waals surface area contributed by atoms with Gasteiger partial charge in [0.25, 0.3) is 5.69 Å². The molecule has 1 unspecified atom stereocenters. The quantitative estimate of drug-likeness (QED) is 0.642. The maximum atomic E-state index is 11.1. The molecular weight excluding hydrogens is 234 g/mol. The van der Waals surface area contributed by atoms with E-state index in [1.165, 1.54) is 0 Å². The predicted molar refractivity (Wildman–Crippen MR) is 68.8 cm³/mol. The lowest BCUT2D eigenvalue weighted by atomic mass is 10.1. The summed E-state index contributed by atoms with van der Waals surface area (Å²) in [5.41, 5.74) is 7.26. The first kappa shape index (κ1) is 12.8. The Morgan fingerprint density at radius 2 is 2.39 bits per heavy atom. The first-order chi connectivity index (χ1) is 8.61. The molecule has 1 heterocycles. The van der Waals surface area contributed by atoms with Gasteiger partial charge in [0.15, 0.2) is 0 Å². The van der Waals surface area contributed by atoms with Crippen LogP contribution in [0.4, 0.5) is 11.4 Å². The summed E-state index contributed by atoms with van der Waals surface area (Å²) < 4.78 is 5.47. The summed E-state index contributed by atoms with van der Waals surface area (Å²) in [6.45, 7) is 4.07. The molecule has 98 valence electrons. The Hall–Kier alpha value is -1.66. The zero-order valence-corrected chi connectivity index (χ0v) is 10.3. The number of hydrogen-bond donors (Lipinski definition) is 1. The summed E-state index contributed by atoms with van der Waals surface area (Å²) in [6, 6.07) is 5.28. The molecule has 2 N–H and O–H groups in total. The summed E-state index contributed by atoms with van der Waals surface area (Å²) in [5.74, 6) is 0. The Labute approximate surface area is 105 Å². The Kier molecular flexibility index (Phi) is 3.78. The van der Waals surface area contributed by atoms with Gasteiger partial charge in [-0.3, -0.25) is 10.1 Å². The topological polar surface area (TPSA) is 81.6 Å². The molecule has 18 heavy (non-hydrogen) atoms. The number of rotatable bonds is 3. The minimum atomic E-state index is -0.338. The molecule has 1 aromatic carbocycles. The maximum Gasteiger partial charge on any atom is 0.292 e. The van der Waals surface area contributed by atoms with Crippen molar-refractivity contribution in [3.8, 4) is 0 Å². The maximum absolute atomic E-state index is 11.1. The van der Waals surface area contributed by atoms with Crippen LogP contribution in [0.1, 0.15) is 5.56 Å². The number of benzene rings is 1. The highest BCUT2D eigenvalue weighted by molar-refractivity contribution is 5.64. The van der Waals surface area contributed by atoms with E-state index in [1.54, 1.807) is 12.1 Å². The zero-order chi connectivity index (χ0) is 13.1. The Morgan fingerprint density at radius 1 is 1.61 bits per heavy atom. The number of ether oxygens (including phenoxy) is 1. The van der Waals surface area contributed by atoms with Gasteiger partial charge in [0.05, 0.1) is 17.6 Å². The molecule has 0 saturated carbocycles. The van der Waals surface area contributed by atoms with E-state index in [-0.39, 0.29) is 16.7 Å². The summed E-state index contributed by atoms with van der Waals surface area (Å²) in [7, 11) is 0. The van der Waals surface area contributed by atoms with E-state index in [0.29, 0.717) is 31.9 Å². The van der Waals surface area contributed by atoms with Crippen LogP contribution in [0.3, 0.4) is 0 Å². The molecule has 1 saturated heterocycles. The molecule has 0 radical (unpaired) electrons. The fourth-order valence-corrected chi connectivity index (χ4v) is 2.13. The number of nitrogens with two attached hydrogens (primary N) is 1. The van der Waals surface area contributed by atoms with Gasteiger partial charge in [-0.2, -0.15) is 0 Å². The molecule has 1 aliphatic heterocycles. The third-order valence-electron chi connectivity index (χ3n) is 3.07. The van der Waals surface area contributed by atoms with Crippen LogP contribution in [0.15, 0.2) is 18.2 Å². The Balaban J connectivity index is 2.29. The second kappa shape index (κ2) is 5.32. The Bertz CT molecular complexity index is 450. The minimum absolute atomic E-state index is 0.0559. The molecule has 1 fully saturated rings.